The van der Waals surface area contributed by atoms with Gasteiger partial charge in [-0.15, -0.1) is 0 Å². The Balaban J connectivity index is 2.12. The number of aryl methyl sites for hydroxylation is 1. The predicted octanol–water partition coefficient (Wildman–Crippen LogP) is 4.43. The molecule has 0 saturated carbocycles. The summed E-state index contributed by atoms with van der Waals surface area (Å²) in [5, 5.41) is 9.81. The summed E-state index contributed by atoms with van der Waals surface area (Å²) in [6.45, 7) is 1.26. The highest BCUT2D eigenvalue weighted by atomic mass is 32.2. The lowest BCUT2D eigenvalue weighted by atomic mass is 9.89. The molecule has 2 aromatic rings. The molecule has 0 unspecified atom stereocenters. The van der Waals surface area contributed by atoms with Crippen molar-refractivity contribution in [3.63, 3.8) is 0 Å². The molecule has 198 valence electrons. The van der Waals surface area contributed by atoms with Gasteiger partial charge >= 0.3 is 12.4 Å². The molecule has 1 heterocycles. The Kier molecular flexibility index (Phi) is 7.51. The zero-order chi connectivity index (χ0) is 27.1. The van der Waals surface area contributed by atoms with Crippen LogP contribution >= 0.6 is 0 Å². The number of nitrogens with zero attached hydrogens (tertiary/aromatic N) is 1. The minimum Gasteiger partial charge on any atom is -0.369 e. The van der Waals surface area contributed by atoms with Gasteiger partial charge in [0.05, 0.1) is 24.8 Å². The van der Waals surface area contributed by atoms with E-state index in [0.717, 1.165) is 17.2 Å². The molecule has 36 heavy (non-hydrogen) atoms. The summed E-state index contributed by atoms with van der Waals surface area (Å²) in [6, 6.07) is 10.3. The van der Waals surface area contributed by atoms with Crippen LogP contribution in [-0.4, -0.2) is 50.7 Å². The van der Waals surface area contributed by atoms with Crippen molar-refractivity contribution in [3.8, 4) is 0 Å². The Labute approximate surface area is 203 Å². The Hall–Kier alpha value is -2.64. The number of aliphatic hydroxyl groups is 1. The zero-order valence-electron chi connectivity index (χ0n) is 19.1. The number of anilines is 1. The average molecular weight is 539 g/mol. The zero-order valence-corrected chi connectivity index (χ0v) is 19.9. The van der Waals surface area contributed by atoms with E-state index in [2.05, 4.69) is 0 Å². The van der Waals surface area contributed by atoms with Crippen LogP contribution in [0.5, 0.6) is 0 Å². The summed E-state index contributed by atoms with van der Waals surface area (Å²) in [4.78, 5) is 14.5. The van der Waals surface area contributed by atoms with Gasteiger partial charge < -0.3 is 10.0 Å². The molecule has 0 fully saturated rings. The molecule has 1 amide bonds. The topological polar surface area (TPSA) is 83.9 Å². The number of carbonyl (C=O) groups excluding carboxylic acids is 1. The van der Waals surface area contributed by atoms with E-state index in [9.17, 15) is 44.7 Å². The van der Waals surface area contributed by atoms with Crippen molar-refractivity contribution < 1.29 is 48.8 Å². The van der Waals surface area contributed by atoms with Gasteiger partial charge in [-0.1, -0.05) is 42.5 Å². The molecule has 13 heteroatoms. The van der Waals surface area contributed by atoms with Crippen LogP contribution in [-0.2, 0) is 31.1 Å². The van der Waals surface area contributed by atoms with Gasteiger partial charge in [-0.2, -0.15) is 34.8 Å². The summed E-state index contributed by atoms with van der Waals surface area (Å²) < 4.78 is 109. The van der Waals surface area contributed by atoms with E-state index < -0.39 is 51.6 Å². The largest absolute Gasteiger partial charge is 0.430 e. The van der Waals surface area contributed by atoms with E-state index in [1.165, 1.54) is 0 Å². The third-order valence-corrected chi connectivity index (χ3v) is 6.60. The number of alkyl halides is 6. The van der Waals surface area contributed by atoms with E-state index >= 15 is 0 Å². The molecule has 0 saturated heterocycles. The normalized spacial score (nSPS) is 18.4. The first-order chi connectivity index (χ1) is 16.5. The lowest BCUT2D eigenvalue weighted by molar-refractivity contribution is -0.376. The van der Waals surface area contributed by atoms with E-state index in [-0.39, 0.29) is 30.6 Å². The highest BCUT2D eigenvalue weighted by Crippen LogP contribution is 2.50. The van der Waals surface area contributed by atoms with Gasteiger partial charge in [0.1, 0.15) is 0 Å². The van der Waals surface area contributed by atoms with Crippen LogP contribution in [0.4, 0.5) is 32.0 Å². The highest BCUT2D eigenvalue weighted by Gasteiger charge is 2.71. The molecule has 0 spiro atoms. The number of carbonyl (C=O) groups is 1. The predicted molar refractivity (Wildman–Crippen MR) is 118 cm³/mol. The first-order valence-electron chi connectivity index (χ1n) is 10.7. The van der Waals surface area contributed by atoms with E-state index in [4.69, 9.17) is 4.18 Å². The second-order valence-electron chi connectivity index (χ2n) is 8.59. The van der Waals surface area contributed by atoms with Crippen LogP contribution in [0, 0.1) is 0 Å². The first kappa shape index (κ1) is 27.9. The van der Waals surface area contributed by atoms with Crippen molar-refractivity contribution >= 4 is 21.7 Å². The van der Waals surface area contributed by atoms with Gasteiger partial charge in [-0.05, 0) is 37.0 Å². The summed E-state index contributed by atoms with van der Waals surface area (Å²) in [7, 11) is -3.99. The SMILES string of the molecule is C[C@H](C(=O)N1C[C@@H](OS(C)(=O)=O)CCc2cc(C(O)(C(F)(F)F)C(F)(F)F)ccc21)c1ccccc1. The molecule has 1 aliphatic heterocycles. The maximum absolute atomic E-state index is 13.4. The van der Waals surface area contributed by atoms with Crippen LogP contribution < -0.4 is 4.90 Å². The Morgan fingerprint density at radius 1 is 1.06 bits per heavy atom. The quantitative estimate of drug-likeness (QED) is 0.449. The lowest BCUT2D eigenvalue weighted by Gasteiger charge is -2.34. The minimum atomic E-state index is -6.08. The van der Waals surface area contributed by atoms with Crippen LogP contribution in [0.2, 0.25) is 0 Å². The Morgan fingerprint density at radius 2 is 1.64 bits per heavy atom. The second-order valence-corrected chi connectivity index (χ2v) is 10.2. The number of rotatable bonds is 5. The monoisotopic (exact) mass is 539 g/mol. The van der Waals surface area contributed by atoms with Crippen molar-refractivity contribution in [3.05, 3.63) is 65.2 Å². The van der Waals surface area contributed by atoms with E-state index in [0.29, 0.717) is 17.7 Å². The molecular formula is C23H23F6NO5S. The number of amides is 1. The molecule has 1 aliphatic rings. The molecule has 0 aliphatic carbocycles. The van der Waals surface area contributed by atoms with Crippen LogP contribution in [0.1, 0.15) is 36.0 Å². The fourth-order valence-corrected chi connectivity index (χ4v) is 4.78. The smallest absolute Gasteiger partial charge is 0.369 e. The molecule has 2 aromatic carbocycles. The van der Waals surface area contributed by atoms with Gasteiger partial charge in [-0.3, -0.25) is 8.98 Å². The molecule has 6 nitrogen and oxygen atoms in total. The lowest BCUT2D eigenvalue weighted by Crippen LogP contribution is -2.54. The number of hydrogen-bond donors (Lipinski definition) is 1. The highest BCUT2D eigenvalue weighted by molar-refractivity contribution is 7.86. The van der Waals surface area contributed by atoms with Gasteiger partial charge in [0.2, 0.25) is 5.91 Å². The number of benzene rings is 2. The number of halogens is 6. The molecular weight excluding hydrogens is 516 g/mol. The molecule has 0 radical (unpaired) electrons. The molecule has 1 N–H and O–H groups in total. The minimum absolute atomic E-state index is 0.00201. The van der Waals surface area contributed by atoms with Gasteiger partial charge in [0.15, 0.2) is 0 Å². The van der Waals surface area contributed by atoms with Crippen molar-refractivity contribution in [2.75, 3.05) is 17.7 Å². The number of fused-ring (bicyclic) bond motifs is 1. The molecule has 0 bridgehead atoms. The van der Waals surface area contributed by atoms with Crippen molar-refractivity contribution in [1.82, 2.24) is 0 Å². The summed E-state index contributed by atoms with van der Waals surface area (Å²) in [6.07, 6.45) is -12.8. The maximum atomic E-state index is 13.4. The molecule has 2 atom stereocenters. The van der Waals surface area contributed by atoms with E-state index in [1.807, 2.05) is 0 Å². The van der Waals surface area contributed by atoms with Gasteiger partial charge in [0, 0.05) is 11.3 Å². The second kappa shape index (κ2) is 9.67. The standard InChI is InChI=1S/C23H23F6NO5S/c1-14(15-6-4-3-5-7-15)20(31)30-13-18(35-36(2,33)34)10-8-16-12-17(9-11-19(16)30)21(32,22(24,25)26)23(27,28)29/h3-7,9,11-12,14,18,32H,8,10,13H2,1-2H3/t14-,18-/m0/s1. The maximum Gasteiger partial charge on any atom is 0.430 e. The first-order valence-corrected chi connectivity index (χ1v) is 12.5. The van der Waals surface area contributed by atoms with Crippen LogP contribution in [0.15, 0.2) is 48.5 Å². The van der Waals surface area contributed by atoms with Crippen molar-refractivity contribution in [1.29, 1.82) is 0 Å². The van der Waals surface area contributed by atoms with Crippen LogP contribution in [0.3, 0.4) is 0 Å². The van der Waals surface area contributed by atoms with E-state index in [1.54, 1.807) is 37.3 Å². The van der Waals surface area contributed by atoms with Gasteiger partial charge in [-0.25, -0.2) is 0 Å². The third kappa shape index (κ3) is 5.52. The van der Waals surface area contributed by atoms with Crippen molar-refractivity contribution in [2.45, 2.75) is 49.7 Å². The molecule has 3 rings (SSSR count). The number of hydrogen-bond acceptors (Lipinski definition) is 5. The molecule has 0 aromatic heterocycles. The Bertz CT molecular complexity index is 1200. The summed E-state index contributed by atoms with van der Waals surface area (Å²) in [5.41, 5.74) is -6.12. The summed E-state index contributed by atoms with van der Waals surface area (Å²) >= 11 is 0. The fraction of sp³-hybridized carbons (Fsp3) is 0.435. The third-order valence-electron chi connectivity index (χ3n) is 5.98. The van der Waals surface area contributed by atoms with Crippen LogP contribution in [0.25, 0.3) is 0 Å². The van der Waals surface area contributed by atoms with Crippen molar-refractivity contribution in [2.24, 2.45) is 0 Å². The average Bonchev–Trinajstić information content (AvgIpc) is 2.94. The van der Waals surface area contributed by atoms with Gasteiger partial charge in [0.25, 0.3) is 15.7 Å². The summed E-state index contributed by atoms with van der Waals surface area (Å²) in [5.74, 6) is -1.35. The Morgan fingerprint density at radius 3 is 2.17 bits per heavy atom. The fourth-order valence-electron chi connectivity index (χ4n) is 4.12.